The maximum atomic E-state index is 11.7. The van der Waals surface area contributed by atoms with Gasteiger partial charge in [-0.1, -0.05) is 0 Å². The van der Waals surface area contributed by atoms with E-state index in [1.807, 2.05) is 0 Å². The number of nitrogens with zero attached hydrogens (tertiary/aromatic N) is 1. The first kappa shape index (κ1) is 11.6. The maximum absolute atomic E-state index is 11.7. The lowest BCUT2D eigenvalue weighted by molar-refractivity contribution is -0.126. The Labute approximate surface area is 96.4 Å². The van der Waals surface area contributed by atoms with Gasteiger partial charge in [0, 0.05) is 25.9 Å². The van der Waals surface area contributed by atoms with E-state index in [-0.39, 0.29) is 11.9 Å². The van der Waals surface area contributed by atoms with Crippen LogP contribution in [0.3, 0.4) is 0 Å². The highest BCUT2D eigenvalue weighted by Crippen LogP contribution is 2.28. The summed E-state index contributed by atoms with van der Waals surface area (Å²) >= 11 is 0. The summed E-state index contributed by atoms with van der Waals surface area (Å²) in [4.78, 5) is 25.2. The van der Waals surface area contributed by atoms with Crippen LogP contribution in [0.15, 0.2) is 0 Å². The highest BCUT2D eigenvalue weighted by atomic mass is 16.2. The molecule has 1 unspecified atom stereocenters. The minimum absolute atomic E-state index is 0.0446. The molecular formula is C12H20N2O2. The number of amides is 1. The predicted molar refractivity (Wildman–Crippen MR) is 61.1 cm³/mol. The van der Waals surface area contributed by atoms with Crippen LogP contribution in [-0.4, -0.2) is 42.3 Å². The van der Waals surface area contributed by atoms with Gasteiger partial charge in [0.2, 0.25) is 5.91 Å². The van der Waals surface area contributed by atoms with Crippen molar-refractivity contribution in [2.24, 2.45) is 0 Å². The highest BCUT2D eigenvalue weighted by molar-refractivity contribution is 5.82. The van der Waals surface area contributed by atoms with Gasteiger partial charge >= 0.3 is 0 Å². The topological polar surface area (TPSA) is 49.4 Å². The Balaban J connectivity index is 1.97. The third kappa shape index (κ3) is 2.26. The molecule has 4 heteroatoms. The number of carbonyl (C=O) groups is 2. The van der Waals surface area contributed by atoms with Crippen molar-refractivity contribution >= 4 is 11.7 Å². The van der Waals surface area contributed by atoms with Crippen molar-refractivity contribution < 1.29 is 9.59 Å². The lowest BCUT2D eigenvalue weighted by Gasteiger charge is -2.34. The molecule has 1 saturated carbocycles. The molecule has 90 valence electrons. The van der Waals surface area contributed by atoms with Crippen molar-refractivity contribution in [3.63, 3.8) is 0 Å². The Morgan fingerprint density at radius 2 is 2.00 bits per heavy atom. The summed E-state index contributed by atoms with van der Waals surface area (Å²) in [6.45, 7) is 1.01. The molecule has 0 bridgehead atoms. The molecule has 2 fully saturated rings. The molecule has 0 aromatic heterocycles. The lowest BCUT2D eigenvalue weighted by atomic mass is 9.92. The van der Waals surface area contributed by atoms with Crippen molar-refractivity contribution in [1.82, 2.24) is 10.2 Å². The normalized spacial score (nSPS) is 28.3. The number of rotatable bonds is 2. The van der Waals surface area contributed by atoms with Crippen LogP contribution in [0, 0.1) is 0 Å². The predicted octanol–water partition coefficient (Wildman–Crippen LogP) is 0.708. The molecule has 2 aliphatic rings. The molecule has 1 atom stereocenters. The number of hydrogen-bond acceptors (Lipinski definition) is 3. The fraction of sp³-hybridized carbons (Fsp3) is 0.833. The number of ketones is 1. The van der Waals surface area contributed by atoms with Gasteiger partial charge in [0.15, 0.2) is 0 Å². The molecule has 1 saturated heterocycles. The molecule has 0 radical (unpaired) electrons. The van der Waals surface area contributed by atoms with Gasteiger partial charge in [-0.15, -0.1) is 0 Å². The number of carbonyl (C=O) groups excluding carboxylic acids is 2. The molecular weight excluding hydrogens is 204 g/mol. The quantitative estimate of drug-likeness (QED) is 0.751. The lowest BCUT2D eigenvalue weighted by Crippen LogP contribution is -2.48. The van der Waals surface area contributed by atoms with Gasteiger partial charge in [-0.25, -0.2) is 0 Å². The van der Waals surface area contributed by atoms with Crippen LogP contribution < -0.4 is 5.32 Å². The SMILES string of the molecule is CNC(=O)C1CCCN1C1CCC(=O)CC1. The molecule has 2 rings (SSSR count). The summed E-state index contributed by atoms with van der Waals surface area (Å²) in [6, 6.07) is 0.491. The zero-order chi connectivity index (χ0) is 11.5. The second kappa shape index (κ2) is 4.95. The van der Waals surface area contributed by atoms with E-state index in [4.69, 9.17) is 0 Å². The van der Waals surface area contributed by atoms with Crippen LogP contribution >= 0.6 is 0 Å². The fourth-order valence-electron chi connectivity index (χ4n) is 2.93. The zero-order valence-electron chi connectivity index (χ0n) is 9.87. The van der Waals surface area contributed by atoms with Gasteiger partial charge in [-0.2, -0.15) is 0 Å². The summed E-state index contributed by atoms with van der Waals surface area (Å²) in [5.74, 6) is 0.515. The van der Waals surface area contributed by atoms with Crippen LogP contribution in [0.25, 0.3) is 0 Å². The molecule has 4 nitrogen and oxygen atoms in total. The fourth-order valence-corrected chi connectivity index (χ4v) is 2.93. The summed E-state index contributed by atoms with van der Waals surface area (Å²) in [5.41, 5.74) is 0. The molecule has 1 heterocycles. The van der Waals surface area contributed by atoms with E-state index >= 15 is 0 Å². The first-order valence-electron chi connectivity index (χ1n) is 6.21. The first-order valence-corrected chi connectivity index (χ1v) is 6.21. The van der Waals surface area contributed by atoms with E-state index in [1.165, 1.54) is 0 Å². The van der Waals surface area contributed by atoms with Gasteiger partial charge in [-0.05, 0) is 32.2 Å². The third-order valence-electron chi connectivity index (χ3n) is 3.83. The monoisotopic (exact) mass is 224 g/mol. The van der Waals surface area contributed by atoms with Crippen LogP contribution in [0.2, 0.25) is 0 Å². The third-order valence-corrected chi connectivity index (χ3v) is 3.83. The van der Waals surface area contributed by atoms with Gasteiger partial charge in [0.25, 0.3) is 0 Å². The molecule has 1 aliphatic carbocycles. The van der Waals surface area contributed by atoms with E-state index in [1.54, 1.807) is 7.05 Å². The van der Waals surface area contributed by atoms with Crippen molar-refractivity contribution in [3.8, 4) is 0 Å². The standard InChI is InChI=1S/C12H20N2O2/c1-13-12(16)11-3-2-8-14(11)9-4-6-10(15)7-5-9/h9,11H,2-8H2,1H3,(H,13,16). The molecule has 1 N–H and O–H groups in total. The summed E-state index contributed by atoms with van der Waals surface area (Å²) in [6.07, 6.45) is 5.33. The number of likely N-dealkylation sites (tertiary alicyclic amines) is 1. The van der Waals surface area contributed by atoms with Gasteiger partial charge in [0.1, 0.15) is 5.78 Å². The average molecular weight is 224 g/mol. The van der Waals surface area contributed by atoms with E-state index in [0.717, 1.165) is 32.2 Å². The van der Waals surface area contributed by atoms with Crippen molar-refractivity contribution in [3.05, 3.63) is 0 Å². The van der Waals surface area contributed by atoms with E-state index in [0.29, 0.717) is 24.7 Å². The van der Waals surface area contributed by atoms with Crippen molar-refractivity contribution in [1.29, 1.82) is 0 Å². The Hall–Kier alpha value is -0.900. The average Bonchev–Trinajstić information content (AvgIpc) is 2.78. The molecule has 16 heavy (non-hydrogen) atoms. The second-order valence-electron chi connectivity index (χ2n) is 4.78. The van der Waals surface area contributed by atoms with Crippen molar-refractivity contribution in [2.45, 2.75) is 50.6 Å². The maximum Gasteiger partial charge on any atom is 0.237 e. The van der Waals surface area contributed by atoms with Crippen LogP contribution in [0.4, 0.5) is 0 Å². The van der Waals surface area contributed by atoms with Crippen LogP contribution in [0.1, 0.15) is 38.5 Å². The molecule has 1 amide bonds. The Bertz CT molecular complexity index is 281. The number of nitrogens with one attached hydrogen (secondary N) is 1. The van der Waals surface area contributed by atoms with Gasteiger partial charge in [-0.3, -0.25) is 14.5 Å². The zero-order valence-corrected chi connectivity index (χ0v) is 9.87. The molecule has 1 aliphatic heterocycles. The second-order valence-corrected chi connectivity index (χ2v) is 4.78. The molecule has 0 aromatic carbocycles. The van der Waals surface area contributed by atoms with E-state index in [9.17, 15) is 9.59 Å². The highest BCUT2D eigenvalue weighted by Gasteiger charge is 2.36. The Morgan fingerprint density at radius 1 is 1.31 bits per heavy atom. The smallest absolute Gasteiger partial charge is 0.237 e. The van der Waals surface area contributed by atoms with E-state index < -0.39 is 0 Å². The minimum atomic E-state index is 0.0446. The number of Topliss-reactive ketones (excluding diaryl/α,β-unsaturated/α-hetero) is 1. The number of hydrogen-bond donors (Lipinski definition) is 1. The van der Waals surface area contributed by atoms with Crippen LogP contribution in [0.5, 0.6) is 0 Å². The summed E-state index contributed by atoms with van der Waals surface area (Å²) in [5, 5.41) is 2.74. The van der Waals surface area contributed by atoms with E-state index in [2.05, 4.69) is 10.2 Å². The Morgan fingerprint density at radius 3 is 2.62 bits per heavy atom. The summed E-state index contributed by atoms with van der Waals surface area (Å²) < 4.78 is 0. The first-order chi connectivity index (χ1) is 7.72. The van der Waals surface area contributed by atoms with Crippen LogP contribution in [-0.2, 0) is 9.59 Å². The minimum Gasteiger partial charge on any atom is -0.358 e. The Kier molecular flexibility index (Phi) is 3.59. The molecule has 0 spiro atoms. The number of likely N-dealkylation sites (N-methyl/N-ethyl adjacent to an activating group) is 1. The molecule has 0 aromatic rings. The van der Waals surface area contributed by atoms with Crippen molar-refractivity contribution in [2.75, 3.05) is 13.6 Å². The van der Waals surface area contributed by atoms with Gasteiger partial charge in [0.05, 0.1) is 6.04 Å². The summed E-state index contributed by atoms with van der Waals surface area (Å²) in [7, 11) is 1.70. The van der Waals surface area contributed by atoms with Gasteiger partial charge < -0.3 is 5.32 Å². The largest absolute Gasteiger partial charge is 0.358 e.